The summed E-state index contributed by atoms with van der Waals surface area (Å²) in [5.74, 6) is 1.44. The predicted molar refractivity (Wildman–Crippen MR) is 111 cm³/mol. The second-order valence-electron chi connectivity index (χ2n) is 6.52. The van der Waals surface area contributed by atoms with E-state index < -0.39 is 0 Å². The Morgan fingerprint density at radius 3 is 2.18 bits per heavy atom. The highest BCUT2D eigenvalue weighted by atomic mass is 35.5. The Labute approximate surface area is 171 Å². The van der Waals surface area contributed by atoms with Gasteiger partial charge in [-0.3, -0.25) is 4.79 Å². The zero-order valence-corrected chi connectivity index (χ0v) is 17.7. The minimum Gasteiger partial charge on any atom is -0.493 e. The monoisotopic (exact) mass is 406 g/mol. The number of carbonyl (C=O) groups excluding carboxylic acids is 1. The van der Waals surface area contributed by atoms with Crippen molar-refractivity contribution in [3.8, 4) is 17.2 Å². The highest BCUT2D eigenvalue weighted by Crippen LogP contribution is 2.38. The van der Waals surface area contributed by atoms with Crippen LogP contribution in [0.4, 0.5) is 0 Å². The number of nitrogens with zero attached hydrogens (tertiary/aromatic N) is 1. The number of likely N-dealkylation sites (N-methyl/N-ethyl adjacent to an activating group) is 1. The summed E-state index contributed by atoms with van der Waals surface area (Å²) in [4.78, 5) is 14.6. The fourth-order valence-electron chi connectivity index (χ4n) is 3.01. The van der Waals surface area contributed by atoms with Crippen molar-refractivity contribution in [1.29, 1.82) is 0 Å². The van der Waals surface area contributed by atoms with Crippen LogP contribution in [0.15, 0.2) is 36.4 Å². The summed E-state index contributed by atoms with van der Waals surface area (Å²) in [6.07, 6.45) is 0.194. The molecule has 0 saturated heterocycles. The molecule has 152 valence electrons. The number of ether oxygens (including phenoxy) is 3. The van der Waals surface area contributed by atoms with Crippen molar-refractivity contribution >= 4 is 17.5 Å². The summed E-state index contributed by atoms with van der Waals surface area (Å²) < 4.78 is 16.0. The second kappa shape index (κ2) is 10.2. The first-order chi connectivity index (χ1) is 13.4. The fraction of sp³-hybridized carbons (Fsp3) is 0.381. The van der Waals surface area contributed by atoms with Crippen LogP contribution in [0.1, 0.15) is 17.2 Å². The number of benzene rings is 2. The fourth-order valence-corrected chi connectivity index (χ4v) is 3.27. The van der Waals surface area contributed by atoms with Gasteiger partial charge in [0, 0.05) is 11.6 Å². The van der Waals surface area contributed by atoms with E-state index >= 15 is 0 Å². The van der Waals surface area contributed by atoms with E-state index in [0.717, 1.165) is 11.1 Å². The van der Waals surface area contributed by atoms with E-state index in [0.29, 0.717) is 28.8 Å². The molecule has 1 amide bonds. The number of nitrogens with one attached hydrogen (secondary N) is 1. The van der Waals surface area contributed by atoms with Gasteiger partial charge in [0.25, 0.3) is 0 Å². The first kappa shape index (κ1) is 21.9. The van der Waals surface area contributed by atoms with Crippen LogP contribution in [0, 0.1) is 0 Å². The molecule has 28 heavy (non-hydrogen) atoms. The number of hydrogen-bond donors (Lipinski definition) is 1. The Kier molecular flexibility index (Phi) is 7.96. The molecule has 0 aromatic heterocycles. The maximum atomic E-state index is 12.5. The van der Waals surface area contributed by atoms with Crippen molar-refractivity contribution in [3.63, 3.8) is 0 Å². The molecule has 6 nitrogen and oxygen atoms in total. The van der Waals surface area contributed by atoms with Gasteiger partial charge in [-0.2, -0.15) is 0 Å². The molecule has 0 radical (unpaired) electrons. The largest absolute Gasteiger partial charge is 0.493 e. The molecule has 2 aromatic rings. The van der Waals surface area contributed by atoms with E-state index in [-0.39, 0.29) is 18.4 Å². The molecule has 0 bridgehead atoms. The normalized spacial score (nSPS) is 11.8. The van der Waals surface area contributed by atoms with Crippen LogP contribution in [-0.2, 0) is 11.2 Å². The average Bonchev–Trinajstić information content (AvgIpc) is 2.68. The number of halogens is 1. The average molecular weight is 407 g/mol. The first-order valence-electron chi connectivity index (χ1n) is 8.87. The third kappa shape index (κ3) is 5.30. The molecule has 2 rings (SSSR count). The molecule has 0 aliphatic carbocycles. The molecule has 2 aromatic carbocycles. The summed E-state index contributed by atoms with van der Waals surface area (Å²) in [5.41, 5.74) is 1.74. The van der Waals surface area contributed by atoms with Crippen LogP contribution in [0.25, 0.3) is 0 Å². The lowest BCUT2D eigenvalue weighted by Gasteiger charge is -2.26. The Morgan fingerprint density at radius 2 is 1.68 bits per heavy atom. The van der Waals surface area contributed by atoms with Gasteiger partial charge in [-0.1, -0.05) is 29.8 Å². The summed E-state index contributed by atoms with van der Waals surface area (Å²) in [6.45, 7) is 0.444. The highest BCUT2D eigenvalue weighted by Gasteiger charge is 2.19. The van der Waals surface area contributed by atoms with E-state index in [1.165, 1.54) is 0 Å². The lowest BCUT2D eigenvalue weighted by molar-refractivity contribution is -0.120. The Bertz CT molecular complexity index is 786. The molecule has 0 saturated carbocycles. The Balaban J connectivity index is 2.10. The van der Waals surface area contributed by atoms with Crippen LogP contribution in [-0.4, -0.2) is 52.8 Å². The van der Waals surface area contributed by atoms with Crippen molar-refractivity contribution < 1.29 is 19.0 Å². The van der Waals surface area contributed by atoms with Crippen LogP contribution in [0.3, 0.4) is 0 Å². The van der Waals surface area contributed by atoms with Gasteiger partial charge in [-0.05, 0) is 43.4 Å². The number of carbonyl (C=O) groups is 1. The third-order valence-corrected chi connectivity index (χ3v) is 4.81. The SMILES string of the molecule is COc1cc(CC(=O)NC[C@H](c2ccccc2Cl)N(C)C)cc(OC)c1OC. The topological polar surface area (TPSA) is 60.0 Å². The van der Waals surface area contributed by atoms with Crippen LogP contribution < -0.4 is 19.5 Å². The number of rotatable bonds is 9. The zero-order chi connectivity index (χ0) is 20.7. The lowest BCUT2D eigenvalue weighted by atomic mass is 10.1. The van der Waals surface area contributed by atoms with Crippen LogP contribution >= 0.6 is 11.6 Å². The number of hydrogen-bond acceptors (Lipinski definition) is 5. The van der Waals surface area contributed by atoms with Gasteiger partial charge < -0.3 is 24.4 Å². The van der Waals surface area contributed by atoms with Gasteiger partial charge in [-0.25, -0.2) is 0 Å². The van der Waals surface area contributed by atoms with Crippen LogP contribution in [0.2, 0.25) is 5.02 Å². The van der Waals surface area contributed by atoms with Crippen molar-refractivity contribution in [1.82, 2.24) is 10.2 Å². The maximum absolute atomic E-state index is 12.5. The molecule has 0 spiro atoms. The molecule has 0 heterocycles. The van der Waals surface area contributed by atoms with Crippen molar-refractivity contribution in [3.05, 3.63) is 52.5 Å². The standard InChI is InChI=1S/C21H27ClN2O4/c1-24(2)17(15-8-6-7-9-16(15)22)13-23-20(25)12-14-10-18(26-3)21(28-5)19(11-14)27-4/h6-11,17H,12-13H2,1-5H3,(H,23,25)/t17-/m1/s1. The predicted octanol–water partition coefficient (Wildman–Crippen LogP) is 3.33. The van der Waals surface area contributed by atoms with Crippen molar-refractivity contribution in [2.75, 3.05) is 42.0 Å². The van der Waals surface area contributed by atoms with Crippen molar-refractivity contribution in [2.45, 2.75) is 12.5 Å². The molecule has 1 atom stereocenters. The molecule has 0 aliphatic rings. The quantitative estimate of drug-likeness (QED) is 0.692. The Morgan fingerprint density at radius 1 is 1.07 bits per heavy atom. The van der Waals surface area contributed by atoms with Gasteiger partial charge in [0.2, 0.25) is 11.7 Å². The minimum absolute atomic E-state index is 0.0300. The number of amides is 1. The molecule has 0 unspecified atom stereocenters. The van der Waals surface area contributed by atoms with E-state index in [1.807, 2.05) is 43.3 Å². The van der Waals surface area contributed by atoms with Gasteiger partial charge in [0.15, 0.2) is 11.5 Å². The first-order valence-corrected chi connectivity index (χ1v) is 9.25. The van der Waals surface area contributed by atoms with Gasteiger partial charge >= 0.3 is 0 Å². The lowest BCUT2D eigenvalue weighted by Crippen LogP contribution is -2.35. The molecule has 7 heteroatoms. The molecular formula is C21H27ClN2O4. The molecular weight excluding hydrogens is 380 g/mol. The molecule has 0 fully saturated rings. The second-order valence-corrected chi connectivity index (χ2v) is 6.92. The third-order valence-electron chi connectivity index (χ3n) is 4.47. The maximum Gasteiger partial charge on any atom is 0.224 e. The summed E-state index contributed by atoms with van der Waals surface area (Å²) in [7, 11) is 8.56. The van der Waals surface area contributed by atoms with E-state index in [4.69, 9.17) is 25.8 Å². The van der Waals surface area contributed by atoms with Gasteiger partial charge in [0.1, 0.15) is 0 Å². The highest BCUT2D eigenvalue weighted by molar-refractivity contribution is 6.31. The van der Waals surface area contributed by atoms with E-state index in [1.54, 1.807) is 33.5 Å². The summed E-state index contributed by atoms with van der Waals surface area (Å²) >= 11 is 6.32. The molecule has 1 N–H and O–H groups in total. The summed E-state index contributed by atoms with van der Waals surface area (Å²) in [5, 5.41) is 3.67. The van der Waals surface area contributed by atoms with E-state index in [9.17, 15) is 4.79 Å². The van der Waals surface area contributed by atoms with Gasteiger partial charge in [0.05, 0.1) is 33.8 Å². The summed E-state index contributed by atoms with van der Waals surface area (Å²) in [6, 6.07) is 11.2. The molecule has 0 aliphatic heterocycles. The van der Waals surface area contributed by atoms with Crippen molar-refractivity contribution in [2.24, 2.45) is 0 Å². The number of methoxy groups -OCH3 is 3. The smallest absolute Gasteiger partial charge is 0.224 e. The Hall–Kier alpha value is -2.44. The van der Waals surface area contributed by atoms with Gasteiger partial charge in [-0.15, -0.1) is 0 Å². The zero-order valence-electron chi connectivity index (χ0n) is 16.9. The minimum atomic E-state index is -0.104. The van der Waals surface area contributed by atoms with Crippen LogP contribution in [0.5, 0.6) is 17.2 Å². The van der Waals surface area contributed by atoms with E-state index in [2.05, 4.69) is 5.32 Å².